The number of ketones is 1. The van der Waals surface area contributed by atoms with Crippen molar-refractivity contribution in [3.63, 3.8) is 0 Å². The van der Waals surface area contributed by atoms with Gasteiger partial charge in [-0.15, -0.1) is 5.10 Å². The number of Topliss-reactive ketones (excluding diaryl/α,β-unsaturated/α-hetero) is 1. The van der Waals surface area contributed by atoms with Gasteiger partial charge in [-0.3, -0.25) is 14.7 Å². The van der Waals surface area contributed by atoms with Gasteiger partial charge in [-0.1, -0.05) is 48.2 Å². The van der Waals surface area contributed by atoms with E-state index >= 15 is 0 Å². The number of rotatable bonds is 9. The van der Waals surface area contributed by atoms with Gasteiger partial charge in [0, 0.05) is 16.8 Å². The second-order valence-corrected chi connectivity index (χ2v) is 8.17. The molecule has 0 spiro atoms. The quantitative estimate of drug-likeness (QED) is 0.273. The van der Waals surface area contributed by atoms with Crippen LogP contribution in [-0.4, -0.2) is 32.6 Å². The lowest BCUT2D eigenvalue weighted by atomic mass is 10.1. The highest BCUT2D eigenvalue weighted by Gasteiger charge is 2.11. The summed E-state index contributed by atoms with van der Waals surface area (Å²) in [6, 6.07) is 23.5. The summed E-state index contributed by atoms with van der Waals surface area (Å²) in [6.07, 6.45) is 0. The minimum Gasteiger partial charge on any atom is -0.485 e. The van der Waals surface area contributed by atoms with Crippen molar-refractivity contribution in [3.8, 4) is 5.75 Å². The number of para-hydroxylation sites is 1. The fourth-order valence-corrected chi connectivity index (χ4v) is 3.73. The molecule has 1 heterocycles. The number of amides is 1. The number of carbonyl (C=O) groups is 2. The van der Waals surface area contributed by atoms with Gasteiger partial charge >= 0.3 is 0 Å². The number of H-pyrrole nitrogens is 1. The third kappa shape index (κ3) is 6.08. The van der Waals surface area contributed by atoms with E-state index in [4.69, 9.17) is 4.74 Å². The first kappa shape index (κ1) is 22.3. The molecule has 0 fully saturated rings. The molecular weight excluding hydrogens is 436 g/mol. The van der Waals surface area contributed by atoms with E-state index in [1.807, 2.05) is 49.4 Å². The fourth-order valence-electron chi connectivity index (χ4n) is 3.02. The van der Waals surface area contributed by atoms with Gasteiger partial charge in [0.05, 0.1) is 5.75 Å². The van der Waals surface area contributed by atoms with Crippen molar-refractivity contribution in [2.75, 3.05) is 11.1 Å². The Bertz CT molecular complexity index is 1240. The molecule has 0 saturated carbocycles. The molecular formula is C25H22N4O3S. The normalized spacial score (nSPS) is 10.6. The SMILES string of the molecule is Cc1ccccc1OCc1nc(SCC(=O)c2ccc(NC(=O)c3ccccc3)cc2)n[nH]1. The van der Waals surface area contributed by atoms with Gasteiger partial charge in [-0.05, 0) is 55.0 Å². The summed E-state index contributed by atoms with van der Waals surface area (Å²) in [7, 11) is 0. The molecule has 0 aliphatic carbocycles. The minimum atomic E-state index is -0.197. The van der Waals surface area contributed by atoms with Crippen molar-refractivity contribution in [3.05, 3.63) is 101 Å². The predicted molar refractivity (Wildman–Crippen MR) is 128 cm³/mol. The van der Waals surface area contributed by atoms with Gasteiger partial charge in [0.15, 0.2) is 11.6 Å². The van der Waals surface area contributed by atoms with Crippen molar-refractivity contribution in [1.82, 2.24) is 15.2 Å². The largest absolute Gasteiger partial charge is 0.485 e. The van der Waals surface area contributed by atoms with Gasteiger partial charge in [0.1, 0.15) is 12.4 Å². The second kappa shape index (κ2) is 10.6. The summed E-state index contributed by atoms with van der Waals surface area (Å²) in [4.78, 5) is 29.1. The van der Waals surface area contributed by atoms with E-state index < -0.39 is 0 Å². The number of hydrogen-bond acceptors (Lipinski definition) is 6. The molecule has 1 amide bonds. The molecule has 4 rings (SSSR count). The summed E-state index contributed by atoms with van der Waals surface area (Å²) in [5.74, 6) is 1.33. The number of benzene rings is 3. The van der Waals surface area contributed by atoms with Crippen LogP contribution in [0.4, 0.5) is 5.69 Å². The second-order valence-electron chi connectivity index (χ2n) is 7.23. The number of nitrogens with one attached hydrogen (secondary N) is 2. The number of aromatic nitrogens is 3. The molecule has 166 valence electrons. The molecule has 3 aromatic carbocycles. The molecule has 0 radical (unpaired) electrons. The monoisotopic (exact) mass is 458 g/mol. The topological polar surface area (TPSA) is 97.0 Å². The Morgan fingerprint density at radius 2 is 1.67 bits per heavy atom. The van der Waals surface area contributed by atoms with E-state index in [-0.39, 0.29) is 24.1 Å². The molecule has 8 heteroatoms. The predicted octanol–water partition coefficient (Wildman–Crippen LogP) is 4.92. The number of carbonyl (C=O) groups excluding carboxylic acids is 2. The molecule has 0 aliphatic rings. The molecule has 0 atom stereocenters. The lowest BCUT2D eigenvalue weighted by Gasteiger charge is -2.06. The molecule has 0 saturated heterocycles. The third-order valence-electron chi connectivity index (χ3n) is 4.80. The zero-order valence-electron chi connectivity index (χ0n) is 17.9. The van der Waals surface area contributed by atoms with Crippen LogP contribution in [0.1, 0.15) is 32.1 Å². The highest BCUT2D eigenvalue weighted by Crippen LogP contribution is 2.19. The Kier molecular flexibility index (Phi) is 7.16. The molecule has 2 N–H and O–H groups in total. The van der Waals surface area contributed by atoms with Crippen LogP contribution in [0.5, 0.6) is 5.75 Å². The molecule has 0 bridgehead atoms. The first-order valence-electron chi connectivity index (χ1n) is 10.3. The van der Waals surface area contributed by atoms with Gasteiger partial charge in [-0.25, -0.2) is 4.98 Å². The summed E-state index contributed by atoms with van der Waals surface area (Å²) in [5.41, 5.74) is 2.80. The van der Waals surface area contributed by atoms with E-state index in [0.717, 1.165) is 11.3 Å². The Hall–Kier alpha value is -3.91. The summed E-state index contributed by atoms with van der Waals surface area (Å²) >= 11 is 1.25. The zero-order chi connectivity index (χ0) is 23.0. The Morgan fingerprint density at radius 1 is 0.939 bits per heavy atom. The first-order valence-corrected chi connectivity index (χ1v) is 11.3. The van der Waals surface area contributed by atoms with Crippen LogP contribution in [0.3, 0.4) is 0 Å². The number of aryl methyl sites for hydroxylation is 1. The molecule has 0 aliphatic heterocycles. The number of hydrogen-bond donors (Lipinski definition) is 2. The van der Waals surface area contributed by atoms with Crippen molar-refractivity contribution in [2.24, 2.45) is 0 Å². The maximum absolute atomic E-state index is 12.5. The van der Waals surface area contributed by atoms with Gasteiger partial charge in [0.25, 0.3) is 5.91 Å². The van der Waals surface area contributed by atoms with Crippen molar-refractivity contribution < 1.29 is 14.3 Å². The molecule has 0 unspecified atom stereocenters. The Balaban J connectivity index is 1.27. The number of nitrogens with zero attached hydrogens (tertiary/aromatic N) is 2. The van der Waals surface area contributed by atoms with Crippen LogP contribution in [0.2, 0.25) is 0 Å². The smallest absolute Gasteiger partial charge is 0.255 e. The van der Waals surface area contributed by atoms with Crippen LogP contribution in [0.25, 0.3) is 0 Å². The van der Waals surface area contributed by atoms with Gasteiger partial charge in [0.2, 0.25) is 5.16 Å². The molecule has 4 aromatic rings. The van der Waals surface area contributed by atoms with Crippen molar-refractivity contribution >= 4 is 29.1 Å². The minimum absolute atomic E-state index is 0.0524. The van der Waals surface area contributed by atoms with Crippen LogP contribution in [0, 0.1) is 6.92 Å². The van der Waals surface area contributed by atoms with Crippen molar-refractivity contribution in [1.29, 1.82) is 0 Å². The molecule has 33 heavy (non-hydrogen) atoms. The highest BCUT2D eigenvalue weighted by molar-refractivity contribution is 7.99. The summed E-state index contributed by atoms with van der Waals surface area (Å²) in [6.45, 7) is 2.24. The number of anilines is 1. The van der Waals surface area contributed by atoms with E-state index in [1.165, 1.54) is 11.8 Å². The molecule has 1 aromatic heterocycles. The Morgan fingerprint density at radius 3 is 2.42 bits per heavy atom. The number of thioether (sulfide) groups is 1. The average Bonchev–Trinajstić information content (AvgIpc) is 3.31. The average molecular weight is 459 g/mol. The maximum atomic E-state index is 12.5. The van der Waals surface area contributed by atoms with E-state index in [0.29, 0.717) is 27.8 Å². The van der Waals surface area contributed by atoms with E-state index in [9.17, 15) is 9.59 Å². The fraction of sp³-hybridized carbons (Fsp3) is 0.120. The van der Waals surface area contributed by atoms with Crippen LogP contribution < -0.4 is 10.1 Å². The maximum Gasteiger partial charge on any atom is 0.255 e. The number of ether oxygens (including phenoxy) is 1. The van der Waals surface area contributed by atoms with Gasteiger partial charge < -0.3 is 10.1 Å². The Labute approximate surface area is 195 Å². The third-order valence-corrected chi connectivity index (χ3v) is 5.65. The lowest BCUT2D eigenvalue weighted by Crippen LogP contribution is -2.11. The summed E-state index contributed by atoms with van der Waals surface area (Å²) < 4.78 is 5.76. The van der Waals surface area contributed by atoms with Crippen LogP contribution in [0.15, 0.2) is 84.0 Å². The summed E-state index contributed by atoms with van der Waals surface area (Å²) in [5, 5.41) is 10.3. The lowest BCUT2D eigenvalue weighted by molar-refractivity contribution is 0.101. The first-order chi connectivity index (χ1) is 16.1. The van der Waals surface area contributed by atoms with E-state index in [2.05, 4.69) is 20.5 Å². The standard InChI is InChI=1S/C25H22N4O3S/c1-17-7-5-6-10-22(17)32-15-23-27-25(29-28-23)33-16-21(30)18-11-13-20(14-12-18)26-24(31)19-8-3-2-4-9-19/h2-14H,15-16H2,1H3,(H,26,31)(H,27,28,29). The number of aromatic amines is 1. The van der Waals surface area contributed by atoms with Crippen LogP contribution >= 0.6 is 11.8 Å². The zero-order valence-corrected chi connectivity index (χ0v) is 18.8. The highest BCUT2D eigenvalue weighted by atomic mass is 32.2. The van der Waals surface area contributed by atoms with Gasteiger partial charge in [-0.2, -0.15) is 0 Å². The van der Waals surface area contributed by atoms with Crippen molar-refractivity contribution in [2.45, 2.75) is 18.7 Å². The molecule has 7 nitrogen and oxygen atoms in total. The van der Waals surface area contributed by atoms with Crippen LogP contribution in [-0.2, 0) is 6.61 Å². The van der Waals surface area contributed by atoms with E-state index in [1.54, 1.807) is 36.4 Å².